The van der Waals surface area contributed by atoms with Gasteiger partial charge < -0.3 is 15.0 Å². The van der Waals surface area contributed by atoms with Gasteiger partial charge in [0.2, 0.25) is 0 Å². The van der Waals surface area contributed by atoms with Crippen molar-refractivity contribution in [1.82, 2.24) is 4.98 Å². The molecule has 0 unspecified atom stereocenters. The number of methoxy groups -OCH3 is 1. The van der Waals surface area contributed by atoms with Crippen LogP contribution >= 0.6 is 11.6 Å². The van der Waals surface area contributed by atoms with Gasteiger partial charge in [0.15, 0.2) is 5.43 Å². The van der Waals surface area contributed by atoms with Gasteiger partial charge in [0, 0.05) is 23.5 Å². The fraction of sp³-hybridized carbons (Fsp3) is 0.0769. The number of rotatable bonds is 3. The molecule has 2 aromatic rings. The molecule has 5 nitrogen and oxygen atoms in total. The van der Waals surface area contributed by atoms with Gasteiger partial charge in [-0.1, -0.05) is 11.6 Å². The molecule has 0 aliphatic rings. The summed E-state index contributed by atoms with van der Waals surface area (Å²) < 4.78 is 5.11. The van der Waals surface area contributed by atoms with Gasteiger partial charge in [0.1, 0.15) is 11.3 Å². The van der Waals surface area contributed by atoms with E-state index in [4.69, 9.17) is 16.3 Å². The minimum atomic E-state index is -0.526. The number of hydrogen-bond acceptors (Lipinski definition) is 3. The minimum Gasteiger partial charge on any atom is -0.495 e. The molecule has 0 spiro atoms. The third-order valence-corrected chi connectivity index (χ3v) is 2.71. The highest BCUT2D eigenvalue weighted by Gasteiger charge is 2.12. The number of halogens is 1. The summed E-state index contributed by atoms with van der Waals surface area (Å²) in [6.07, 6.45) is 2.80. The van der Waals surface area contributed by atoms with Gasteiger partial charge >= 0.3 is 0 Å². The molecular formula is C13H11ClN2O3. The van der Waals surface area contributed by atoms with Crippen molar-refractivity contribution in [2.24, 2.45) is 0 Å². The molecule has 1 amide bonds. The number of hydrogen-bond donors (Lipinski definition) is 2. The maximum Gasteiger partial charge on any atom is 0.261 e. The standard InChI is InChI=1S/C13H11ClN2O3/c1-19-12-3-2-8(14)6-10(12)16-13(18)9-7-15-5-4-11(9)17/h2-7H,1H3,(H,15,17)(H,16,18). The number of H-pyrrole nitrogens is 1. The van der Waals surface area contributed by atoms with Crippen molar-refractivity contribution >= 4 is 23.2 Å². The lowest BCUT2D eigenvalue weighted by Crippen LogP contribution is -2.21. The Hall–Kier alpha value is -2.27. The van der Waals surface area contributed by atoms with Crippen molar-refractivity contribution < 1.29 is 9.53 Å². The van der Waals surface area contributed by atoms with Crippen LogP contribution in [0.3, 0.4) is 0 Å². The molecule has 0 fully saturated rings. The third kappa shape index (κ3) is 2.95. The van der Waals surface area contributed by atoms with Crippen LogP contribution in [0, 0.1) is 0 Å². The van der Waals surface area contributed by atoms with E-state index in [-0.39, 0.29) is 11.0 Å². The number of carbonyl (C=O) groups excluding carboxylic acids is 1. The second-order valence-electron chi connectivity index (χ2n) is 3.72. The summed E-state index contributed by atoms with van der Waals surface area (Å²) in [6.45, 7) is 0. The molecule has 2 N–H and O–H groups in total. The summed E-state index contributed by atoms with van der Waals surface area (Å²) in [4.78, 5) is 26.2. The van der Waals surface area contributed by atoms with Crippen LogP contribution in [0.1, 0.15) is 10.4 Å². The molecule has 98 valence electrons. The average molecular weight is 279 g/mol. The zero-order valence-electron chi connectivity index (χ0n) is 10.1. The summed E-state index contributed by atoms with van der Waals surface area (Å²) in [7, 11) is 1.48. The van der Waals surface area contributed by atoms with E-state index < -0.39 is 5.91 Å². The lowest BCUT2D eigenvalue weighted by Gasteiger charge is -2.10. The van der Waals surface area contributed by atoms with Crippen LogP contribution in [0.4, 0.5) is 5.69 Å². The average Bonchev–Trinajstić information content (AvgIpc) is 2.39. The number of ether oxygens (including phenoxy) is 1. The molecule has 6 heteroatoms. The van der Waals surface area contributed by atoms with Gasteiger partial charge in [-0.25, -0.2) is 0 Å². The Labute approximate surface area is 114 Å². The maximum absolute atomic E-state index is 12.0. The zero-order valence-corrected chi connectivity index (χ0v) is 10.8. The number of benzene rings is 1. The molecule has 0 aliphatic heterocycles. The molecule has 0 radical (unpaired) electrons. The van der Waals surface area contributed by atoms with Crippen LogP contribution < -0.4 is 15.5 Å². The molecule has 0 aliphatic carbocycles. The Morgan fingerprint density at radius 1 is 1.37 bits per heavy atom. The zero-order chi connectivity index (χ0) is 13.8. The number of pyridine rings is 1. The monoisotopic (exact) mass is 278 g/mol. The van der Waals surface area contributed by atoms with Gasteiger partial charge in [0.25, 0.3) is 5.91 Å². The first-order chi connectivity index (χ1) is 9.11. The third-order valence-electron chi connectivity index (χ3n) is 2.48. The van der Waals surface area contributed by atoms with E-state index in [1.807, 2.05) is 0 Å². The van der Waals surface area contributed by atoms with Gasteiger partial charge in [-0.05, 0) is 18.2 Å². The van der Waals surface area contributed by atoms with E-state index in [9.17, 15) is 9.59 Å². The smallest absolute Gasteiger partial charge is 0.261 e. The molecule has 0 bridgehead atoms. The molecule has 2 rings (SSSR count). The quantitative estimate of drug-likeness (QED) is 0.905. The van der Waals surface area contributed by atoms with Gasteiger partial charge in [-0.2, -0.15) is 0 Å². The van der Waals surface area contributed by atoms with E-state index in [0.717, 1.165) is 0 Å². The second-order valence-corrected chi connectivity index (χ2v) is 4.16. The normalized spacial score (nSPS) is 10.0. The molecule has 0 atom stereocenters. The number of anilines is 1. The van der Waals surface area contributed by atoms with Crippen LogP contribution in [0.25, 0.3) is 0 Å². The first kappa shape index (κ1) is 13.2. The highest BCUT2D eigenvalue weighted by Crippen LogP contribution is 2.27. The minimum absolute atomic E-state index is 0.0181. The maximum atomic E-state index is 12.0. The van der Waals surface area contributed by atoms with E-state index in [2.05, 4.69) is 10.3 Å². The first-order valence-corrected chi connectivity index (χ1v) is 5.81. The molecule has 1 heterocycles. The highest BCUT2D eigenvalue weighted by molar-refractivity contribution is 6.31. The van der Waals surface area contributed by atoms with Crippen LogP contribution in [0.15, 0.2) is 41.5 Å². The molecule has 1 aromatic carbocycles. The fourth-order valence-electron chi connectivity index (χ4n) is 1.56. The summed E-state index contributed by atoms with van der Waals surface area (Å²) in [6, 6.07) is 6.11. The van der Waals surface area contributed by atoms with Crippen LogP contribution in [0.5, 0.6) is 5.75 Å². The Kier molecular flexibility index (Phi) is 3.87. The number of nitrogens with one attached hydrogen (secondary N) is 2. The highest BCUT2D eigenvalue weighted by atomic mass is 35.5. The number of aromatic amines is 1. The Morgan fingerprint density at radius 2 is 2.16 bits per heavy atom. The topological polar surface area (TPSA) is 71.2 Å². The van der Waals surface area contributed by atoms with Crippen LogP contribution in [-0.2, 0) is 0 Å². The van der Waals surface area contributed by atoms with E-state index >= 15 is 0 Å². The molecule has 0 saturated carbocycles. The predicted octanol–water partition coefficient (Wildman–Crippen LogP) is 2.29. The van der Waals surface area contributed by atoms with Gasteiger partial charge in [-0.3, -0.25) is 9.59 Å². The SMILES string of the molecule is COc1ccc(Cl)cc1NC(=O)c1c[nH]ccc1=O. The molecule has 1 aromatic heterocycles. The fourth-order valence-corrected chi connectivity index (χ4v) is 1.73. The van der Waals surface area contributed by atoms with E-state index in [0.29, 0.717) is 16.5 Å². The number of carbonyl (C=O) groups is 1. The van der Waals surface area contributed by atoms with Crippen LogP contribution in [-0.4, -0.2) is 18.0 Å². The lowest BCUT2D eigenvalue weighted by atomic mass is 10.2. The van der Waals surface area contributed by atoms with E-state index in [1.165, 1.54) is 25.6 Å². The van der Waals surface area contributed by atoms with Gasteiger partial charge in [-0.15, -0.1) is 0 Å². The second kappa shape index (κ2) is 5.58. The number of amides is 1. The summed E-state index contributed by atoms with van der Waals surface area (Å²) in [5.41, 5.74) is 0.0602. The van der Waals surface area contributed by atoms with Gasteiger partial charge in [0.05, 0.1) is 12.8 Å². The van der Waals surface area contributed by atoms with Crippen molar-refractivity contribution in [3.63, 3.8) is 0 Å². The molecular weight excluding hydrogens is 268 g/mol. The Morgan fingerprint density at radius 3 is 2.84 bits per heavy atom. The van der Waals surface area contributed by atoms with Crippen molar-refractivity contribution in [2.75, 3.05) is 12.4 Å². The van der Waals surface area contributed by atoms with E-state index in [1.54, 1.807) is 18.2 Å². The predicted molar refractivity (Wildman–Crippen MR) is 73.0 cm³/mol. The molecule has 0 saturated heterocycles. The van der Waals surface area contributed by atoms with Crippen LogP contribution in [0.2, 0.25) is 5.02 Å². The Balaban J connectivity index is 2.32. The summed E-state index contributed by atoms with van der Waals surface area (Å²) in [5.74, 6) is -0.0625. The van der Waals surface area contributed by atoms with Crippen molar-refractivity contribution in [3.05, 3.63) is 57.5 Å². The van der Waals surface area contributed by atoms with Crippen molar-refractivity contribution in [1.29, 1.82) is 0 Å². The van der Waals surface area contributed by atoms with Crippen molar-refractivity contribution in [2.45, 2.75) is 0 Å². The largest absolute Gasteiger partial charge is 0.495 e. The first-order valence-electron chi connectivity index (χ1n) is 5.44. The molecule has 19 heavy (non-hydrogen) atoms. The summed E-state index contributed by atoms with van der Waals surface area (Å²) in [5, 5.41) is 3.05. The Bertz CT molecular complexity index is 667. The lowest BCUT2D eigenvalue weighted by molar-refractivity contribution is 0.102. The number of aromatic nitrogens is 1. The van der Waals surface area contributed by atoms with Crippen molar-refractivity contribution in [3.8, 4) is 5.75 Å². The summed E-state index contributed by atoms with van der Waals surface area (Å²) >= 11 is 5.86.